The number of aliphatic hydroxyl groups is 1. The number of nitro groups is 1. The van der Waals surface area contributed by atoms with Crippen LogP contribution in [0.3, 0.4) is 0 Å². The second-order valence-electron chi connectivity index (χ2n) is 4.17. The van der Waals surface area contributed by atoms with E-state index < -0.39 is 4.92 Å². The topological polar surface area (TPSA) is 92.8 Å². The summed E-state index contributed by atoms with van der Waals surface area (Å²) in [5.74, 6) is 0.247. The number of ether oxygens (including phenoxy) is 1. The molecule has 2 N–H and O–H groups in total. The molecule has 0 amide bonds. The average Bonchev–Trinajstić information content (AvgIpc) is 2.46. The summed E-state index contributed by atoms with van der Waals surface area (Å²) < 4.78 is 5.43. The van der Waals surface area contributed by atoms with Crippen molar-refractivity contribution in [3.8, 4) is 11.5 Å². The van der Waals surface area contributed by atoms with Crippen LogP contribution in [0.4, 0.5) is 5.69 Å². The molecule has 0 aromatic heterocycles. The van der Waals surface area contributed by atoms with Gasteiger partial charge in [-0.3, -0.25) is 10.1 Å². The van der Waals surface area contributed by atoms with Crippen molar-refractivity contribution in [2.45, 2.75) is 13.2 Å². The molecule has 6 heteroatoms. The predicted octanol–water partition coefficient (Wildman–Crippen LogP) is 2.37. The summed E-state index contributed by atoms with van der Waals surface area (Å²) in [5.41, 5.74) is 1.16. The number of benzene rings is 2. The van der Waals surface area contributed by atoms with E-state index >= 15 is 0 Å². The first-order valence-electron chi connectivity index (χ1n) is 5.89. The van der Waals surface area contributed by atoms with Crippen LogP contribution in [0.15, 0.2) is 42.5 Å². The van der Waals surface area contributed by atoms with Crippen molar-refractivity contribution >= 4 is 5.69 Å². The Balaban J connectivity index is 2.18. The minimum Gasteiger partial charge on any atom is -0.508 e. The lowest BCUT2D eigenvalue weighted by Gasteiger charge is -2.08. The van der Waals surface area contributed by atoms with Gasteiger partial charge in [-0.1, -0.05) is 12.1 Å². The normalized spacial score (nSPS) is 10.2. The van der Waals surface area contributed by atoms with Crippen molar-refractivity contribution in [1.29, 1.82) is 0 Å². The van der Waals surface area contributed by atoms with E-state index in [1.807, 2.05) is 0 Å². The zero-order valence-corrected chi connectivity index (χ0v) is 10.5. The van der Waals surface area contributed by atoms with Crippen LogP contribution < -0.4 is 4.74 Å². The fraction of sp³-hybridized carbons (Fsp3) is 0.143. The molecule has 20 heavy (non-hydrogen) atoms. The van der Waals surface area contributed by atoms with Crippen molar-refractivity contribution in [2.24, 2.45) is 0 Å². The number of hydrogen-bond acceptors (Lipinski definition) is 5. The van der Waals surface area contributed by atoms with E-state index in [0.29, 0.717) is 5.56 Å². The van der Waals surface area contributed by atoms with Gasteiger partial charge in [0, 0.05) is 6.07 Å². The van der Waals surface area contributed by atoms with Gasteiger partial charge in [-0.2, -0.15) is 0 Å². The first-order chi connectivity index (χ1) is 9.60. The third kappa shape index (κ3) is 3.24. The molecule has 0 aliphatic carbocycles. The summed E-state index contributed by atoms with van der Waals surface area (Å²) in [4.78, 5) is 10.4. The van der Waals surface area contributed by atoms with Gasteiger partial charge in [-0.25, -0.2) is 0 Å². The standard InChI is InChI=1S/C14H13NO5/c16-8-11-3-6-13(15(18)19)14(7-11)20-9-10-1-4-12(17)5-2-10/h1-7,16-17H,8-9H2. The first-order valence-corrected chi connectivity index (χ1v) is 5.89. The lowest BCUT2D eigenvalue weighted by atomic mass is 10.2. The molecule has 2 aromatic rings. The number of rotatable bonds is 5. The van der Waals surface area contributed by atoms with Crippen LogP contribution in [0.2, 0.25) is 0 Å². The number of aromatic hydroxyl groups is 1. The molecule has 6 nitrogen and oxygen atoms in total. The monoisotopic (exact) mass is 275 g/mol. The molecule has 0 heterocycles. The van der Waals surface area contributed by atoms with E-state index in [4.69, 9.17) is 14.9 Å². The number of phenols is 1. The molecule has 2 rings (SSSR count). The maximum Gasteiger partial charge on any atom is 0.310 e. The highest BCUT2D eigenvalue weighted by Gasteiger charge is 2.15. The van der Waals surface area contributed by atoms with Gasteiger partial charge in [-0.15, -0.1) is 0 Å². The molecule has 0 aliphatic rings. The number of hydrogen-bond donors (Lipinski definition) is 2. The van der Waals surface area contributed by atoms with Crippen LogP contribution in [0.5, 0.6) is 11.5 Å². The van der Waals surface area contributed by atoms with E-state index in [1.165, 1.54) is 30.3 Å². The first kappa shape index (κ1) is 13.8. The van der Waals surface area contributed by atoms with E-state index in [9.17, 15) is 10.1 Å². The van der Waals surface area contributed by atoms with Crippen molar-refractivity contribution in [3.63, 3.8) is 0 Å². The highest BCUT2D eigenvalue weighted by atomic mass is 16.6. The van der Waals surface area contributed by atoms with E-state index in [2.05, 4.69) is 0 Å². The van der Waals surface area contributed by atoms with E-state index in [0.717, 1.165) is 5.56 Å². The van der Waals surface area contributed by atoms with Gasteiger partial charge in [0.2, 0.25) is 0 Å². The lowest BCUT2D eigenvalue weighted by molar-refractivity contribution is -0.386. The Morgan fingerprint density at radius 3 is 2.35 bits per heavy atom. The molecule has 2 aromatic carbocycles. The summed E-state index contributed by atoms with van der Waals surface area (Å²) in [6.07, 6.45) is 0. The summed E-state index contributed by atoms with van der Waals surface area (Å²) in [7, 11) is 0. The minimum absolute atomic E-state index is 0.106. The van der Waals surface area contributed by atoms with Crippen LogP contribution in [0.25, 0.3) is 0 Å². The third-order valence-electron chi connectivity index (χ3n) is 2.73. The SMILES string of the molecule is O=[N+]([O-])c1ccc(CO)cc1OCc1ccc(O)cc1. The Morgan fingerprint density at radius 1 is 1.10 bits per heavy atom. The number of nitro benzene ring substituents is 1. The zero-order valence-electron chi connectivity index (χ0n) is 10.5. The molecule has 0 saturated heterocycles. The van der Waals surface area contributed by atoms with Crippen LogP contribution in [-0.2, 0) is 13.2 Å². The van der Waals surface area contributed by atoms with Crippen LogP contribution >= 0.6 is 0 Å². The summed E-state index contributed by atoms with van der Waals surface area (Å²) >= 11 is 0. The van der Waals surface area contributed by atoms with Crippen molar-refractivity contribution in [1.82, 2.24) is 0 Å². The summed E-state index contributed by atoms with van der Waals surface area (Å²) in [5, 5.41) is 29.1. The van der Waals surface area contributed by atoms with Crippen molar-refractivity contribution in [2.75, 3.05) is 0 Å². The minimum atomic E-state index is -0.534. The zero-order chi connectivity index (χ0) is 14.5. The molecule has 0 bridgehead atoms. The maximum atomic E-state index is 10.9. The smallest absolute Gasteiger partial charge is 0.310 e. The van der Waals surface area contributed by atoms with Gasteiger partial charge >= 0.3 is 5.69 Å². The number of nitrogens with zero attached hydrogens (tertiary/aromatic N) is 1. The van der Waals surface area contributed by atoms with E-state index in [-0.39, 0.29) is 30.4 Å². The van der Waals surface area contributed by atoms with Gasteiger partial charge in [0.25, 0.3) is 0 Å². The quantitative estimate of drug-likeness (QED) is 0.645. The highest BCUT2D eigenvalue weighted by molar-refractivity contribution is 5.48. The molecule has 0 radical (unpaired) electrons. The molecular formula is C14H13NO5. The van der Waals surface area contributed by atoms with Gasteiger partial charge < -0.3 is 14.9 Å². The van der Waals surface area contributed by atoms with Crippen LogP contribution in [-0.4, -0.2) is 15.1 Å². The predicted molar refractivity (Wildman–Crippen MR) is 71.5 cm³/mol. The molecule has 0 saturated carbocycles. The summed E-state index contributed by atoms with van der Waals surface area (Å²) in [6.45, 7) is -0.0798. The molecular weight excluding hydrogens is 262 g/mol. The number of aliphatic hydroxyl groups excluding tert-OH is 1. The lowest BCUT2D eigenvalue weighted by Crippen LogP contribution is -2.00. The second-order valence-corrected chi connectivity index (χ2v) is 4.17. The fourth-order valence-electron chi connectivity index (χ4n) is 1.68. The van der Waals surface area contributed by atoms with E-state index in [1.54, 1.807) is 12.1 Å². The van der Waals surface area contributed by atoms with Gasteiger partial charge in [0.15, 0.2) is 5.75 Å². The van der Waals surface area contributed by atoms with Crippen LogP contribution in [0.1, 0.15) is 11.1 Å². The molecule has 0 atom stereocenters. The van der Waals surface area contributed by atoms with Crippen molar-refractivity contribution in [3.05, 3.63) is 63.7 Å². The largest absolute Gasteiger partial charge is 0.508 e. The van der Waals surface area contributed by atoms with Gasteiger partial charge in [0.05, 0.1) is 11.5 Å². The summed E-state index contributed by atoms with van der Waals surface area (Å²) in [6, 6.07) is 10.6. The highest BCUT2D eigenvalue weighted by Crippen LogP contribution is 2.28. The van der Waals surface area contributed by atoms with Gasteiger partial charge in [0.1, 0.15) is 12.4 Å². The van der Waals surface area contributed by atoms with Crippen molar-refractivity contribution < 1.29 is 19.9 Å². The Kier molecular flexibility index (Phi) is 4.17. The Morgan fingerprint density at radius 2 is 1.75 bits per heavy atom. The second kappa shape index (κ2) is 6.03. The molecule has 104 valence electrons. The molecule has 0 unspecified atom stereocenters. The Hall–Kier alpha value is -2.60. The fourth-order valence-corrected chi connectivity index (χ4v) is 1.68. The molecule has 0 fully saturated rings. The molecule has 0 spiro atoms. The van der Waals surface area contributed by atoms with Crippen LogP contribution in [0, 0.1) is 10.1 Å². The van der Waals surface area contributed by atoms with Gasteiger partial charge in [-0.05, 0) is 35.4 Å². The Bertz CT molecular complexity index is 609. The third-order valence-corrected chi connectivity index (χ3v) is 2.73. The maximum absolute atomic E-state index is 10.9. The molecule has 0 aliphatic heterocycles. The Labute approximate surface area is 115 Å². The number of phenolic OH excluding ortho intramolecular Hbond substituents is 1. The average molecular weight is 275 g/mol.